The van der Waals surface area contributed by atoms with Gasteiger partial charge in [0.15, 0.2) is 0 Å². The summed E-state index contributed by atoms with van der Waals surface area (Å²) in [5, 5.41) is 0. The Morgan fingerprint density at radius 1 is 1.16 bits per heavy atom. The second-order valence-corrected chi connectivity index (χ2v) is 8.85. The number of hydrogen-bond acceptors (Lipinski definition) is 6. The van der Waals surface area contributed by atoms with E-state index in [1.807, 2.05) is 0 Å². The van der Waals surface area contributed by atoms with Gasteiger partial charge in [-0.05, 0) is 13.8 Å². The topological polar surface area (TPSA) is 93.2 Å². The molecule has 0 bridgehead atoms. The molecule has 2 fully saturated rings. The van der Waals surface area contributed by atoms with Gasteiger partial charge in [0.2, 0.25) is 10.0 Å². The fourth-order valence-corrected chi connectivity index (χ4v) is 4.79. The molecule has 0 aromatic heterocycles. The summed E-state index contributed by atoms with van der Waals surface area (Å²) < 4.78 is 36.4. The summed E-state index contributed by atoms with van der Waals surface area (Å²) in [5.41, 5.74) is -0.271. The quantitative estimate of drug-likeness (QED) is 0.643. The van der Waals surface area contributed by atoms with Crippen molar-refractivity contribution in [1.82, 2.24) is 9.21 Å². The lowest BCUT2D eigenvalue weighted by molar-refractivity contribution is -0.150. The van der Waals surface area contributed by atoms with Gasteiger partial charge in [-0.1, -0.05) is 0 Å². The molecule has 0 aromatic carbocycles. The Bertz CT molecular complexity index is 700. The fourth-order valence-electron chi connectivity index (χ4n) is 3.69. The molecule has 8 nitrogen and oxygen atoms in total. The predicted octanol–water partition coefficient (Wildman–Crippen LogP) is -0.0972. The lowest BCUT2D eigenvalue weighted by Crippen LogP contribution is -2.52. The highest BCUT2D eigenvalue weighted by molar-refractivity contribution is 7.89. The number of sulfonamides is 1. The van der Waals surface area contributed by atoms with Gasteiger partial charge >= 0.3 is 5.97 Å². The van der Waals surface area contributed by atoms with E-state index in [0.29, 0.717) is 50.3 Å². The van der Waals surface area contributed by atoms with Crippen molar-refractivity contribution in [3.05, 3.63) is 11.1 Å². The van der Waals surface area contributed by atoms with Crippen LogP contribution in [0.5, 0.6) is 0 Å². The lowest BCUT2D eigenvalue weighted by Gasteiger charge is -2.40. The summed E-state index contributed by atoms with van der Waals surface area (Å²) in [7, 11) is -3.29. The molecule has 0 atom stereocenters. The van der Waals surface area contributed by atoms with Crippen molar-refractivity contribution in [3.8, 4) is 0 Å². The third-order valence-corrected chi connectivity index (χ3v) is 7.11. The van der Waals surface area contributed by atoms with Gasteiger partial charge in [-0.3, -0.25) is 4.79 Å². The molecule has 3 aliphatic rings. The van der Waals surface area contributed by atoms with Crippen molar-refractivity contribution < 1.29 is 27.5 Å². The zero-order chi connectivity index (χ0) is 18.2. The Balaban J connectivity index is 1.84. The van der Waals surface area contributed by atoms with Crippen LogP contribution in [0.15, 0.2) is 11.1 Å². The number of ether oxygens (including phenoxy) is 2. The van der Waals surface area contributed by atoms with E-state index >= 15 is 0 Å². The van der Waals surface area contributed by atoms with Gasteiger partial charge in [0.05, 0.1) is 24.5 Å². The standard InChI is InChI=1S/C16H24N2O6S/c1-3-25(21,22)18-6-4-16(5-7-18)13(12(2)15(20)24-16)14(19)17-8-10-23-11-9-17/h3-11H2,1-2H3. The average Bonchev–Trinajstić information content (AvgIpc) is 2.85. The van der Waals surface area contributed by atoms with Crippen LogP contribution >= 0.6 is 0 Å². The van der Waals surface area contributed by atoms with Crippen LogP contribution in [0.25, 0.3) is 0 Å². The maximum Gasteiger partial charge on any atom is 0.335 e. The number of hydrogen-bond donors (Lipinski definition) is 0. The molecule has 0 unspecified atom stereocenters. The Kier molecular flexibility index (Phi) is 4.91. The number of morpholine rings is 1. The summed E-state index contributed by atoms with van der Waals surface area (Å²) in [6.07, 6.45) is 0.613. The van der Waals surface area contributed by atoms with Gasteiger partial charge in [-0.25, -0.2) is 17.5 Å². The van der Waals surface area contributed by atoms with Crippen LogP contribution in [0.1, 0.15) is 26.7 Å². The number of nitrogens with zero attached hydrogens (tertiary/aromatic N) is 2. The van der Waals surface area contributed by atoms with Gasteiger partial charge in [0.1, 0.15) is 5.60 Å². The Labute approximate surface area is 147 Å². The molecule has 1 spiro atoms. The van der Waals surface area contributed by atoms with Gasteiger partial charge in [-0.2, -0.15) is 0 Å². The molecular formula is C16H24N2O6S. The van der Waals surface area contributed by atoms with Crippen molar-refractivity contribution >= 4 is 21.9 Å². The first-order valence-electron chi connectivity index (χ1n) is 8.60. The normalized spacial score (nSPS) is 24.7. The molecular weight excluding hydrogens is 348 g/mol. The number of esters is 1. The molecule has 2 saturated heterocycles. The van der Waals surface area contributed by atoms with Crippen LogP contribution in [0.2, 0.25) is 0 Å². The monoisotopic (exact) mass is 372 g/mol. The van der Waals surface area contributed by atoms with Crippen LogP contribution < -0.4 is 0 Å². The molecule has 1 amide bonds. The SMILES string of the molecule is CCS(=O)(=O)N1CCC2(CC1)OC(=O)C(C)=C2C(=O)N1CCOCC1. The summed E-state index contributed by atoms with van der Waals surface area (Å²) in [6.45, 7) is 5.62. The highest BCUT2D eigenvalue weighted by Crippen LogP contribution is 2.42. The van der Waals surface area contributed by atoms with Crippen LogP contribution in [0.4, 0.5) is 0 Å². The first kappa shape index (κ1) is 18.3. The van der Waals surface area contributed by atoms with Crippen LogP contribution in [0, 0.1) is 0 Å². The minimum atomic E-state index is -3.29. The second-order valence-electron chi connectivity index (χ2n) is 6.59. The van der Waals surface area contributed by atoms with E-state index in [0.717, 1.165) is 0 Å². The highest BCUT2D eigenvalue weighted by atomic mass is 32.2. The van der Waals surface area contributed by atoms with Crippen LogP contribution in [-0.2, 0) is 29.1 Å². The highest BCUT2D eigenvalue weighted by Gasteiger charge is 2.52. The number of piperidine rings is 1. The number of amides is 1. The van der Waals surface area contributed by atoms with Crippen LogP contribution in [0.3, 0.4) is 0 Å². The molecule has 0 radical (unpaired) electrons. The minimum Gasteiger partial charge on any atom is -0.450 e. The maximum atomic E-state index is 13.0. The van der Waals surface area contributed by atoms with Gasteiger partial charge in [0.25, 0.3) is 5.91 Å². The zero-order valence-corrected chi connectivity index (χ0v) is 15.4. The van der Waals surface area contributed by atoms with Gasteiger partial charge < -0.3 is 14.4 Å². The largest absolute Gasteiger partial charge is 0.450 e. The molecule has 0 saturated carbocycles. The van der Waals surface area contributed by atoms with E-state index < -0.39 is 21.6 Å². The van der Waals surface area contributed by atoms with E-state index in [2.05, 4.69) is 0 Å². The number of carbonyl (C=O) groups excluding carboxylic acids is 2. The molecule has 3 aliphatic heterocycles. The van der Waals surface area contributed by atoms with Crippen LogP contribution in [-0.4, -0.2) is 80.2 Å². The molecule has 3 heterocycles. The van der Waals surface area contributed by atoms with E-state index in [4.69, 9.17) is 9.47 Å². The van der Waals surface area contributed by atoms with E-state index in [1.165, 1.54) is 4.31 Å². The summed E-state index contributed by atoms with van der Waals surface area (Å²) in [6, 6.07) is 0. The zero-order valence-electron chi connectivity index (χ0n) is 14.6. The predicted molar refractivity (Wildman–Crippen MR) is 89.2 cm³/mol. The van der Waals surface area contributed by atoms with E-state index in [1.54, 1.807) is 18.7 Å². The lowest BCUT2D eigenvalue weighted by atomic mass is 9.83. The van der Waals surface area contributed by atoms with Crippen molar-refractivity contribution in [3.63, 3.8) is 0 Å². The summed E-state index contributed by atoms with van der Waals surface area (Å²) in [4.78, 5) is 26.9. The average molecular weight is 372 g/mol. The van der Waals surface area contributed by atoms with Gasteiger partial charge in [0, 0.05) is 44.6 Å². The van der Waals surface area contributed by atoms with Gasteiger partial charge in [-0.15, -0.1) is 0 Å². The Hall–Kier alpha value is -1.45. The summed E-state index contributed by atoms with van der Waals surface area (Å²) >= 11 is 0. The molecule has 9 heteroatoms. The van der Waals surface area contributed by atoms with Crippen molar-refractivity contribution in [2.75, 3.05) is 45.1 Å². The van der Waals surface area contributed by atoms with Crippen molar-refractivity contribution in [1.29, 1.82) is 0 Å². The Morgan fingerprint density at radius 2 is 1.76 bits per heavy atom. The number of rotatable bonds is 3. The minimum absolute atomic E-state index is 0.0359. The first-order chi connectivity index (χ1) is 11.8. The maximum absolute atomic E-state index is 13.0. The molecule has 0 N–H and O–H groups in total. The van der Waals surface area contributed by atoms with E-state index in [-0.39, 0.29) is 24.7 Å². The van der Waals surface area contributed by atoms with Crippen molar-refractivity contribution in [2.45, 2.75) is 32.3 Å². The molecule has 0 aliphatic carbocycles. The third kappa shape index (κ3) is 3.20. The Morgan fingerprint density at radius 3 is 2.32 bits per heavy atom. The van der Waals surface area contributed by atoms with Crippen molar-refractivity contribution in [2.24, 2.45) is 0 Å². The summed E-state index contributed by atoms with van der Waals surface area (Å²) in [5.74, 6) is -0.643. The second kappa shape index (κ2) is 6.69. The molecule has 25 heavy (non-hydrogen) atoms. The molecule has 3 rings (SSSR count). The molecule has 140 valence electrons. The smallest absolute Gasteiger partial charge is 0.335 e. The van der Waals surface area contributed by atoms with E-state index in [9.17, 15) is 18.0 Å². The number of carbonyl (C=O) groups is 2. The first-order valence-corrected chi connectivity index (χ1v) is 10.2. The molecule has 0 aromatic rings. The third-order valence-electron chi connectivity index (χ3n) is 5.23. The fraction of sp³-hybridized carbons (Fsp3) is 0.750.